The highest BCUT2D eigenvalue weighted by atomic mass is 19.1. The van der Waals surface area contributed by atoms with E-state index in [1.807, 2.05) is 6.08 Å². The maximum Gasteiger partial charge on any atom is 0.343 e. The van der Waals surface area contributed by atoms with Crippen LogP contribution in [0.5, 0.6) is 5.75 Å². The number of rotatable bonds is 5. The molecule has 0 spiro atoms. The van der Waals surface area contributed by atoms with E-state index < -0.39 is 23.2 Å². The van der Waals surface area contributed by atoms with Gasteiger partial charge in [0.2, 0.25) is 0 Å². The predicted molar refractivity (Wildman–Crippen MR) is 81.0 cm³/mol. The average molecular weight is 313 g/mol. The Hall–Kier alpha value is -3.00. The van der Waals surface area contributed by atoms with Gasteiger partial charge in [-0.1, -0.05) is 18.2 Å². The molecule has 2 rings (SSSR count). The van der Waals surface area contributed by atoms with E-state index in [9.17, 15) is 13.6 Å². The number of hydrogen-bond acceptors (Lipinski definition) is 3. The minimum atomic E-state index is -1.10. The lowest BCUT2D eigenvalue weighted by atomic mass is 10.1. The molecule has 23 heavy (non-hydrogen) atoms. The van der Waals surface area contributed by atoms with Crippen LogP contribution >= 0.6 is 0 Å². The van der Waals surface area contributed by atoms with Crippen LogP contribution in [-0.4, -0.2) is 5.97 Å². The lowest BCUT2D eigenvalue weighted by molar-refractivity contribution is 0.0733. The molecule has 3 nitrogen and oxygen atoms in total. The molecule has 2 aromatic carbocycles. The fourth-order valence-corrected chi connectivity index (χ4v) is 1.96. The van der Waals surface area contributed by atoms with Gasteiger partial charge in [0.15, 0.2) is 0 Å². The number of aryl methyl sites for hydroxylation is 1. The Balaban J connectivity index is 2.13. The van der Waals surface area contributed by atoms with Crippen molar-refractivity contribution in [3.8, 4) is 11.8 Å². The summed E-state index contributed by atoms with van der Waals surface area (Å²) in [6, 6.07) is 9.76. The number of hydrogen-bond donors (Lipinski definition) is 0. The molecule has 0 saturated carbocycles. The van der Waals surface area contributed by atoms with Crippen LogP contribution in [-0.2, 0) is 6.42 Å². The van der Waals surface area contributed by atoms with Crippen molar-refractivity contribution < 1.29 is 18.3 Å². The van der Waals surface area contributed by atoms with Crippen LogP contribution in [0, 0.1) is 23.0 Å². The first-order chi connectivity index (χ1) is 11.0. The molecule has 0 amide bonds. The summed E-state index contributed by atoms with van der Waals surface area (Å²) in [5.41, 5.74) is 0.0306. The average Bonchev–Trinajstić information content (AvgIpc) is 2.54. The van der Waals surface area contributed by atoms with Crippen LogP contribution in [0.15, 0.2) is 49.1 Å². The van der Waals surface area contributed by atoms with Crippen LogP contribution in [0.3, 0.4) is 0 Å². The highest BCUT2D eigenvalue weighted by molar-refractivity contribution is 5.91. The van der Waals surface area contributed by atoms with Crippen molar-refractivity contribution in [2.45, 2.75) is 12.8 Å². The minimum absolute atomic E-state index is 0.266. The fraction of sp³-hybridized carbons (Fsp3) is 0.111. The number of nitrogens with zero attached hydrogens (tertiary/aromatic N) is 1. The third-order valence-electron chi connectivity index (χ3n) is 3.16. The molecule has 0 aliphatic rings. The van der Waals surface area contributed by atoms with Gasteiger partial charge >= 0.3 is 5.97 Å². The van der Waals surface area contributed by atoms with Gasteiger partial charge in [-0.3, -0.25) is 0 Å². The largest absolute Gasteiger partial charge is 0.423 e. The highest BCUT2D eigenvalue weighted by Crippen LogP contribution is 2.18. The lowest BCUT2D eigenvalue weighted by Crippen LogP contribution is -2.10. The monoisotopic (exact) mass is 313 g/mol. The van der Waals surface area contributed by atoms with Crippen LogP contribution < -0.4 is 4.74 Å². The Kier molecular flexibility index (Phi) is 5.21. The van der Waals surface area contributed by atoms with E-state index >= 15 is 0 Å². The molecular formula is C18H13F2NO2. The third-order valence-corrected chi connectivity index (χ3v) is 3.16. The van der Waals surface area contributed by atoms with Gasteiger partial charge < -0.3 is 4.74 Å². The molecule has 0 atom stereocenters. The second kappa shape index (κ2) is 7.32. The molecule has 0 aliphatic carbocycles. The van der Waals surface area contributed by atoms with Gasteiger partial charge in [-0.2, -0.15) is 5.26 Å². The predicted octanol–water partition coefficient (Wildman–Crippen LogP) is 4.17. The molecule has 0 saturated heterocycles. The molecule has 2 aromatic rings. The number of ether oxygens (including phenoxy) is 1. The lowest BCUT2D eigenvalue weighted by Gasteiger charge is -2.06. The summed E-state index contributed by atoms with van der Waals surface area (Å²) in [6.07, 6.45) is 3.47. The van der Waals surface area contributed by atoms with E-state index in [4.69, 9.17) is 10.00 Å². The van der Waals surface area contributed by atoms with E-state index in [2.05, 4.69) is 6.58 Å². The van der Waals surface area contributed by atoms with Crippen molar-refractivity contribution in [1.29, 1.82) is 5.26 Å². The summed E-state index contributed by atoms with van der Waals surface area (Å²) in [5.74, 6) is -2.83. The van der Waals surface area contributed by atoms with Gasteiger partial charge in [0, 0.05) is 0 Å². The Morgan fingerprint density at radius 1 is 1.22 bits per heavy atom. The molecule has 0 bridgehead atoms. The molecule has 116 valence electrons. The Morgan fingerprint density at radius 3 is 2.35 bits per heavy atom. The maximum atomic E-state index is 13.5. The highest BCUT2D eigenvalue weighted by Gasteiger charge is 2.16. The van der Waals surface area contributed by atoms with Crippen LogP contribution in [0.1, 0.15) is 27.9 Å². The van der Waals surface area contributed by atoms with Gasteiger partial charge in [-0.05, 0) is 42.7 Å². The first-order valence-corrected chi connectivity index (χ1v) is 6.86. The van der Waals surface area contributed by atoms with Crippen molar-refractivity contribution in [2.75, 3.05) is 0 Å². The molecule has 0 fully saturated rings. The minimum Gasteiger partial charge on any atom is -0.423 e. The van der Waals surface area contributed by atoms with Crippen molar-refractivity contribution in [3.05, 3.63) is 77.4 Å². The number of esters is 1. The molecule has 0 N–H and O–H groups in total. The summed E-state index contributed by atoms with van der Waals surface area (Å²) in [6.45, 7) is 3.64. The summed E-state index contributed by atoms with van der Waals surface area (Å²) < 4.78 is 32.1. The zero-order chi connectivity index (χ0) is 16.8. The summed E-state index contributed by atoms with van der Waals surface area (Å²) in [5, 5.41) is 8.60. The second-order valence-corrected chi connectivity index (χ2v) is 4.79. The van der Waals surface area contributed by atoms with Crippen molar-refractivity contribution in [3.63, 3.8) is 0 Å². The molecule has 0 aromatic heterocycles. The van der Waals surface area contributed by atoms with E-state index in [0.29, 0.717) is 0 Å². The van der Waals surface area contributed by atoms with Gasteiger partial charge in [0.25, 0.3) is 0 Å². The van der Waals surface area contributed by atoms with Crippen LogP contribution in [0.25, 0.3) is 0 Å². The summed E-state index contributed by atoms with van der Waals surface area (Å²) >= 11 is 0. The zero-order valence-corrected chi connectivity index (χ0v) is 12.2. The smallest absolute Gasteiger partial charge is 0.343 e. The van der Waals surface area contributed by atoms with Crippen molar-refractivity contribution >= 4 is 5.97 Å². The molecule has 0 heterocycles. The first-order valence-electron chi connectivity index (χ1n) is 6.86. The van der Waals surface area contributed by atoms with Crippen molar-refractivity contribution in [1.82, 2.24) is 0 Å². The molecule has 0 aliphatic heterocycles. The Morgan fingerprint density at radius 2 is 1.83 bits per heavy atom. The fourth-order valence-electron chi connectivity index (χ4n) is 1.96. The topological polar surface area (TPSA) is 50.1 Å². The van der Waals surface area contributed by atoms with Gasteiger partial charge in [-0.25, -0.2) is 13.6 Å². The SMILES string of the molecule is C=CCCc1ccc(OC(=O)c2cc(F)c(C#N)c(F)c2)cc1. The van der Waals surface area contributed by atoms with E-state index in [1.54, 1.807) is 24.3 Å². The molecule has 0 radical (unpaired) electrons. The van der Waals surface area contributed by atoms with Gasteiger partial charge in [0.1, 0.15) is 29.0 Å². The molecule has 5 heteroatoms. The number of halogens is 2. The van der Waals surface area contributed by atoms with Gasteiger partial charge in [-0.15, -0.1) is 6.58 Å². The standard InChI is InChI=1S/C18H13F2NO2/c1-2-3-4-12-5-7-14(8-6-12)23-18(22)13-9-16(19)15(11-21)17(20)10-13/h2,5-10H,1,3-4H2. The van der Waals surface area contributed by atoms with Crippen molar-refractivity contribution in [2.24, 2.45) is 0 Å². The quantitative estimate of drug-likeness (QED) is 0.473. The van der Waals surface area contributed by atoms with Crippen LogP contribution in [0.2, 0.25) is 0 Å². The summed E-state index contributed by atoms with van der Waals surface area (Å²) in [7, 11) is 0. The van der Waals surface area contributed by atoms with Crippen LogP contribution in [0.4, 0.5) is 8.78 Å². The summed E-state index contributed by atoms with van der Waals surface area (Å²) in [4.78, 5) is 11.9. The Labute approximate surface area is 132 Å². The maximum absolute atomic E-state index is 13.5. The first kappa shape index (κ1) is 16.4. The van der Waals surface area contributed by atoms with Gasteiger partial charge in [0.05, 0.1) is 5.56 Å². The number of allylic oxidation sites excluding steroid dienone is 1. The molecular weight excluding hydrogens is 300 g/mol. The molecule has 0 unspecified atom stereocenters. The van der Waals surface area contributed by atoms with E-state index in [1.165, 1.54) is 6.07 Å². The number of benzene rings is 2. The second-order valence-electron chi connectivity index (χ2n) is 4.79. The zero-order valence-electron chi connectivity index (χ0n) is 12.2. The number of carbonyl (C=O) groups is 1. The van der Waals surface area contributed by atoms with E-state index in [-0.39, 0.29) is 11.3 Å². The number of nitriles is 1. The number of carbonyl (C=O) groups excluding carboxylic acids is 1. The normalized spacial score (nSPS) is 9.96. The van der Waals surface area contributed by atoms with E-state index in [0.717, 1.165) is 30.5 Å². The third kappa shape index (κ3) is 4.01. The Bertz CT molecular complexity index is 754.